The normalized spacial score (nSPS) is 38.9. The lowest BCUT2D eigenvalue weighted by atomic mass is 9.79. The summed E-state index contributed by atoms with van der Waals surface area (Å²) in [5.74, 6) is -1.94. The van der Waals surface area contributed by atoms with Gasteiger partial charge in [-0.15, -0.1) is 11.8 Å². The number of hydrogen-bond acceptors (Lipinski definition) is 6. The van der Waals surface area contributed by atoms with E-state index in [2.05, 4.69) is 10.2 Å². The number of amides is 1. The molecule has 0 aromatic carbocycles. The highest BCUT2D eigenvalue weighted by Crippen LogP contribution is 2.51. The molecule has 0 aromatic rings. The maximum atomic E-state index is 14.1. The number of piperidine rings is 1. The molecule has 4 heterocycles. The van der Waals surface area contributed by atoms with E-state index in [0.29, 0.717) is 6.54 Å². The summed E-state index contributed by atoms with van der Waals surface area (Å²) in [7, 11) is 0. The summed E-state index contributed by atoms with van der Waals surface area (Å²) < 4.78 is 14.1. The monoisotopic (exact) mass is 427 g/mol. The number of aliphatic hydroxyl groups excluding tert-OH is 1. The molecule has 0 spiro atoms. The fraction of sp³-hybridized carbons (Fsp3) is 0.800. The standard InChI is InChI=1S/C20H30FN3O4S/c1-10-16-15(11(2)25)19(26)24(16)17(20(27)28)18(10)29-13-4-6-23(9-13)8-12-3-5-22-7-14(12)21/h10-16,22,25H,3-9H2,1-2H3,(H,27,28)/t10-,11?,12?,13-,14?,15-,16-/m1/s1. The van der Waals surface area contributed by atoms with Crippen LogP contribution in [-0.2, 0) is 9.59 Å². The van der Waals surface area contributed by atoms with Crippen LogP contribution in [0.25, 0.3) is 0 Å². The van der Waals surface area contributed by atoms with Crippen LogP contribution in [0.5, 0.6) is 0 Å². The van der Waals surface area contributed by atoms with Gasteiger partial charge in [-0.3, -0.25) is 4.79 Å². The van der Waals surface area contributed by atoms with Gasteiger partial charge in [0.05, 0.1) is 18.1 Å². The number of carboxylic acids is 1. The van der Waals surface area contributed by atoms with Crippen molar-refractivity contribution in [3.05, 3.63) is 10.6 Å². The van der Waals surface area contributed by atoms with Crippen molar-refractivity contribution in [2.45, 2.75) is 50.3 Å². The fourth-order valence-corrected chi connectivity index (χ4v) is 6.85. The molecule has 3 fully saturated rings. The van der Waals surface area contributed by atoms with Crippen molar-refractivity contribution in [3.63, 3.8) is 0 Å². The molecule has 3 N–H and O–H groups in total. The zero-order chi connectivity index (χ0) is 20.9. The molecule has 0 radical (unpaired) electrons. The Hall–Kier alpha value is -1.16. The number of alkyl halides is 1. The van der Waals surface area contributed by atoms with E-state index in [9.17, 15) is 24.2 Å². The second-order valence-electron chi connectivity index (χ2n) is 8.83. The summed E-state index contributed by atoms with van der Waals surface area (Å²) in [6.07, 6.45) is 0.179. The number of nitrogens with one attached hydrogen (secondary N) is 1. The van der Waals surface area contributed by atoms with Crippen molar-refractivity contribution >= 4 is 23.6 Å². The number of nitrogens with zero attached hydrogens (tertiary/aromatic N) is 2. The predicted octanol–water partition coefficient (Wildman–Crippen LogP) is 0.895. The number of carboxylic acid groups (broad SMARTS) is 1. The molecule has 7 nitrogen and oxygen atoms in total. The Balaban J connectivity index is 1.42. The third kappa shape index (κ3) is 3.71. The number of hydrogen-bond donors (Lipinski definition) is 3. The lowest BCUT2D eigenvalue weighted by Gasteiger charge is -2.46. The maximum absolute atomic E-state index is 14.1. The number of carbonyl (C=O) groups is 2. The van der Waals surface area contributed by atoms with Gasteiger partial charge in [-0.2, -0.15) is 0 Å². The molecule has 4 aliphatic rings. The van der Waals surface area contributed by atoms with Crippen molar-refractivity contribution in [3.8, 4) is 0 Å². The molecule has 3 unspecified atom stereocenters. The first kappa shape index (κ1) is 21.1. The van der Waals surface area contributed by atoms with Crippen LogP contribution in [-0.4, -0.2) is 88.2 Å². The molecule has 162 valence electrons. The average Bonchev–Trinajstić information content (AvgIpc) is 3.19. The first-order valence-electron chi connectivity index (χ1n) is 10.5. The second kappa shape index (κ2) is 8.17. The van der Waals surface area contributed by atoms with E-state index >= 15 is 0 Å². The molecule has 29 heavy (non-hydrogen) atoms. The van der Waals surface area contributed by atoms with Crippen molar-refractivity contribution in [1.29, 1.82) is 0 Å². The summed E-state index contributed by atoms with van der Waals surface area (Å²) in [6, 6.07) is -0.268. The maximum Gasteiger partial charge on any atom is 0.353 e. The molecular formula is C20H30FN3O4S. The molecule has 3 saturated heterocycles. The van der Waals surface area contributed by atoms with Crippen LogP contribution in [0.4, 0.5) is 4.39 Å². The van der Waals surface area contributed by atoms with Gasteiger partial charge in [-0.05, 0) is 32.9 Å². The molecule has 4 aliphatic heterocycles. The summed E-state index contributed by atoms with van der Waals surface area (Å²) in [4.78, 5) is 28.8. The molecule has 0 bridgehead atoms. The minimum absolute atomic E-state index is 0.0607. The first-order chi connectivity index (χ1) is 13.8. The van der Waals surface area contributed by atoms with Crippen LogP contribution in [0, 0.1) is 17.8 Å². The highest BCUT2D eigenvalue weighted by atomic mass is 32.2. The molecule has 4 rings (SSSR count). The van der Waals surface area contributed by atoms with E-state index in [0.717, 1.165) is 43.9 Å². The minimum Gasteiger partial charge on any atom is -0.477 e. The van der Waals surface area contributed by atoms with Gasteiger partial charge >= 0.3 is 5.97 Å². The highest BCUT2D eigenvalue weighted by Gasteiger charge is 2.60. The number of halogens is 1. The lowest BCUT2D eigenvalue weighted by Crippen LogP contribution is -2.63. The number of thioether (sulfide) groups is 1. The van der Waals surface area contributed by atoms with Crippen LogP contribution < -0.4 is 5.32 Å². The number of fused-ring (bicyclic) bond motifs is 1. The second-order valence-corrected chi connectivity index (χ2v) is 10.2. The molecule has 1 amide bonds. The van der Waals surface area contributed by atoms with Gasteiger partial charge in [0.2, 0.25) is 5.91 Å². The van der Waals surface area contributed by atoms with E-state index in [-0.39, 0.29) is 34.7 Å². The van der Waals surface area contributed by atoms with Gasteiger partial charge in [0.15, 0.2) is 0 Å². The predicted molar refractivity (Wildman–Crippen MR) is 108 cm³/mol. The van der Waals surface area contributed by atoms with Crippen LogP contribution >= 0.6 is 11.8 Å². The Labute approximate surface area is 174 Å². The number of carbonyl (C=O) groups excluding carboxylic acids is 1. The number of aliphatic hydroxyl groups is 1. The topological polar surface area (TPSA) is 93.1 Å². The van der Waals surface area contributed by atoms with E-state index in [4.69, 9.17) is 0 Å². The van der Waals surface area contributed by atoms with Gasteiger partial charge in [0.25, 0.3) is 0 Å². The quantitative estimate of drug-likeness (QED) is 0.542. The van der Waals surface area contributed by atoms with Crippen LogP contribution in [0.15, 0.2) is 10.6 Å². The third-order valence-corrected chi connectivity index (χ3v) is 8.41. The number of rotatable bonds is 6. The van der Waals surface area contributed by atoms with E-state index in [1.54, 1.807) is 18.7 Å². The van der Waals surface area contributed by atoms with Crippen LogP contribution in [0.2, 0.25) is 0 Å². The van der Waals surface area contributed by atoms with Gasteiger partial charge in [-0.25, -0.2) is 9.18 Å². The number of β-lactam (4-membered cyclic amide) rings is 1. The van der Waals surface area contributed by atoms with Gasteiger partial charge < -0.3 is 25.3 Å². The first-order valence-corrected chi connectivity index (χ1v) is 11.4. The molecule has 7 atom stereocenters. The largest absolute Gasteiger partial charge is 0.477 e. The summed E-state index contributed by atoms with van der Waals surface area (Å²) in [5.41, 5.74) is 0.0926. The molecule has 0 saturated carbocycles. The van der Waals surface area contributed by atoms with E-state index < -0.39 is 24.2 Å². The SMILES string of the molecule is CC(O)[C@H]1C(=O)N2C(C(=O)O)=C(S[C@@H]3CCN(CC4CCNCC4F)C3)[C@H](C)[C@H]12. The molecular weight excluding hydrogens is 397 g/mol. The smallest absolute Gasteiger partial charge is 0.353 e. The summed E-state index contributed by atoms with van der Waals surface area (Å²) in [6.45, 7) is 7.28. The van der Waals surface area contributed by atoms with Crippen LogP contribution in [0.3, 0.4) is 0 Å². The zero-order valence-corrected chi connectivity index (χ0v) is 17.7. The third-order valence-electron chi connectivity index (χ3n) is 6.87. The van der Waals surface area contributed by atoms with E-state index in [1.165, 1.54) is 4.90 Å². The number of aliphatic carboxylic acids is 1. The summed E-state index contributed by atoms with van der Waals surface area (Å²) >= 11 is 1.56. The Morgan fingerprint density at radius 3 is 2.83 bits per heavy atom. The van der Waals surface area contributed by atoms with E-state index in [1.807, 2.05) is 6.92 Å². The fourth-order valence-electron chi connectivity index (χ4n) is 5.33. The molecule has 0 aromatic heterocycles. The average molecular weight is 428 g/mol. The Morgan fingerprint density at radius 2 is 2.17 bits per heavy atom. The Morgan fingerprint density at radius 1 is 1.41 bits per heavy atom. The number of likely N-dealkylation sites (tertiary alicyclic amines) is 1. The van der Waals surface area contributed by atoms with Crippen molar-refractivity contribution in [2.24, 2.45) is 17.8 Å². The Bertz CT molecular complexity index is 718. The minimum atomic E-state index is -1.08. The van der Waals surface area contributed by atoms with Gasteiger partial charge in [0.1, 0.15) is 11.9 Å². The zero-order valence-electron chi connectivity index (χ0n) is 16.9. The lowest BCUT2D eigenvalue weighted by molar-refractivity contribution is -0.163. The molecule has 9 heteroatoms. The summed E-state index contributed by atoms with van der Waals surface area (Å²) in [5, 5.41) is 23.0. The van der Waals surface area contributed by atoms with Gasteiger partial charge in [0, 0.05) is 41.6 Å². The van der Waals surface area contributed by atoms with Gasteiger partial charge in [-0.1, -0.05) is 6.92 Å². The van der Waals surface area contributed by atoms with Crippen molar-refractivity contribution < 1.29 is 24.2 Å². The Kier molecular flexibility index (Phi) is 5.94. The highest BCUT2D eigenvalue weighted by molar-refractivity contribution is 8.03. The van der Waals surface area contributed by atoms with Crippen molar-refractivity contribution in [1.82, 2.24) is 15.1 Å². The van der Waals surface area contributed by atoms with Crippen molar-refractivity contribution in [2.75, 3.05) is 32.7 Å². The molecule has 0 aliphatic carbocycles. The van der Waals surface area contributed by atoms with Crippen LogP contribution in [0.1, 0.15) is 26.7 Å².